The van der Waals surface area contributed by atoms with E-state index in [4.69, 9.17) is 23.2 Å². The van der Waals surface area contributed by atoms with Gasteiger partial charge >= 0.3 is 0 Å². The first kappa shape index (κ1) is 11.0. The summed E-state index contributed by atoms with van der Waals surface area (Å²) < 4.78 is 0. The highest BCUT2D eigenvalue weighted by Gasteiger charge is 2.11. The van der Waals surface area contributed by atoms with Gasteiger partial charge in [0, 0.05) is 28.2 Å². The van der Waals surface area contributed by atoms with Gasteiger partial charge in [-0.3, -0.25) is 0 Å². The molecule has 1 aromatic carbocycles. The fourth-order valence-electron chi connectivity index (χ4n) is 1.73. The second kappa shape index (κ2) is 5.02. The van der Waals surface area contributed by atoms with Gasteiger partial charge in [0.2, 0.25) is 0 Å². The molecular formula is C12H13Cl2N. The van der Waals surface area contributed by atoms with Crippen molar-refractivity contribution in [1.82, 2.24) is 5.32 Å². The lowest BCUT2D eigenvalue weighted by Crippen LogP contribution is -2.25. The number of halogens is 2. The molecule has 0 heterocycles. The van der Waals surface area contributed by atoms with Crippen molar-refractivity contribution in [1.29, 1.82) is 0 Å². The maximum atomic E-state index is 6.07. The molecule has 1 aliphatic carbocycles. The summed E-state index contributed by atoms with van der Waals surface area (Å²) in [6, 6.07) is 6.15. The minimum Gasteiger partial charge on any atom is -0.309 e. The molecule has 0 amide bonds. The van der Waals surface area contributed by atoms with Gasteiger partial charge in [0.1, 0.15) is 0 Å². The van der Waals surface area contributed by atoms with Gasteiger partial charge in [-0.1, -0.05) is 41.4 Å². The molecule has 80 valence electrons. The van der Waals surface area contributed by atoms with Crippen molar-refractivity contribution in [3.05, 3.63) is 46.0 Å². The average Bonchev–Trinajstić information content (AvgIpc) is 2.70. The Kier molecular flexibility index (Phi) is 3.68. The predicted octanol–water partition coefficient (Wildman–Crippen LogP) is 3.80. The molecule has 0 aliphatic heterocycles. The highest BCUT2D eigenvalue weighted by Crippen LogP contribution is 2.24. The lowest BCUT2D eigenvalue weighted by molar-refractivity contribution is 0.538. The quantitative estimate of drug-likeness (QED) is 0.795. The van der Waals surface area contributed by atoms with Crippen LogP contribution in [0.1, 0.15) is 18.4 Å². The third kappa shape index (κ3) is 2.75. The van der Waals surface area contributed by atoms with E-state index in [1.165, 1.54) is 0 Å². The predicted molar refractivity (Wildman–Crippen MR) is 65.5 cm³/mol. The van der Waals surface area contributed by atoms with Crippen LogP contribution in [0.3, 0.4) is 0 Å². The first-order valence-corrected chi connectivity index (χ1v) is 5.84. The van der Waals surface area contributed by atoms with Crippen LogP contribution in [0.4, 0.5) is 0 Å². The molecule has 0 fully saturated rings. The van der Waals surface area contributed by atoms with Crippen molar-refractivity contribution >= 4 is 23.2 Å². The topological polar surface area (TPSA) is 12.0 Å². The molecule has 0 bridgehead atoms. The Morgan fingerprint density at radius 3 is 2.33 bits per heavy atom. The van der Waals surface area contributed by atoms with Gasteiger partial charge in [0.05, 0.1) is 0 Å². The van der Waals surface area contributed by atoms with Crippen molar-refractivity contribution in [3.63, 3.8) is 0 Å². The molecule has 0 atom stereocenters. The number of nitrogens with one attached hydrogen (secondary N) is 1. The van der Waals surface area contributed by atoms with Gasteiger partial charge in [-0.2, -0.15) is 0 Å². The Balaban J connectivity index is 1.98. The van der Waals surface area contributed by atoms with E-state index in [9.17, 15) is 0 Å². The molecule has 1 aliphatic rings. The molecule has 0 spiro atoms. The van der Waals surface area contributed by atoms with Gasteiger partial charge in [0.25, 0.3) is 0 Å². The molecule has 0 saturated heterocycles. The van der Waals surface area contributed by atoms with E-state index >= 15 is 0 Å². The summed E-state index contributed by atoms with van der Waals surface area (Å²) in [5, 5.41) is 4.92. The molecule has 1 aromatic rings. The highest BCUT2D eigenvalue weighted by molar-refractivity contribution is 6.35. The molecule has 15 heavy (non-hydrogen) atoms. The molecule has 3 heteroatoms. The maximum absolute atomic E-state index is 6.07. The summed E-state index contributed by atoms with van der Waals surface area (Å²) in [6.45, 7) is 0.741. The van der Waals surface area contributed by atoms with Crippen molar-refractivity contribution < 1.29 is 0 Å². The van der Waals surface area contributed by atoms with Crippen molar-refractivity contribution in [2.75, 3.05) is 0 Å². The molecule has 2 rings (SSSR count). The second-order valence-corrected chi connectivity index (χ2v) is 4.54. The zero-order chi connectivity index (χ0) is 10.7. The zero-order valence-corrected chi connectivity index (χ0v) is 9.85. The van der Waals surface area contributed by atoms with Crippen molar-refractivity contribution in [3.8, 4) is 0 Å². The summed E-state index contributed by atoms with van der Waals surface area (Å²) >= 11 is 12.1. The van der Waals surface area contributed by atoms with Gasteiger partial charge in [-0.15, -0.1) is 0 Å². The highest BCUT2D eigenvalue weighted by atomic mass is 35.5. The standard InChI is InChI=1S/C12H13Cl2N/c13-11-6-3-7-12(14)10(11)8-15-9-4-1-2-5-9/h1-3,6-7,9,15H,4-5,8H2. The normalized spacial score (nSPS) is 16.1. The summed E-state index contributed by atoms with van der Waals surface area (Å²) in [4.78, 5) is 0. The fourth-order valence-corrected chi connectivity index (χ4v) is 2.26. The van der Waals surface area contributed by atoms with E-state index < -0.39 is 0 Å². The van der Waals surface area contributed by atoms with Crippen molar-refractivity contribution in [2.45, 2.75) is 25.4 Å². The first-order valence-electron chi connectivity index (χ1n) is 5.08. The van der Waals surface area contributed by atoms with Crippen LogP contribution < -0.4 is 5.32 Å². The number of hydrogen-bond donors (Lipinski definition) is 1. The third-order valence-corrected chi connectivity index (χ3v) is 3.35. The lowest BCUT2D eigenvalue weighted by atomic mass is 10.2. The average molecular weight is 242 g/mol. The molecule has 0 radical (unpaired) electrons. The fraction of sp³-hybridized carbons (Fsp3) is 0.333. The van der Waals surface area contributed by atoms with Crippen LogP contribution in [0, 0.1) is 0 Å². The van der Waals surface area contributed by atoms with Gasteiger partial charge in [-0.05, 0) is 25.0 Å². The van der Waals surface area contributed by atoms with Crippen LogP contribution in [-0.4, -0.2) is 6.04 Å². The van der Waals surface area contributed by atoms with E-state index in [-0.39, 0.29) is 0 Å². The van der Waals surface area contributed by atoms with E-state index in [0.717, 1.165) is 35.0 Å². The summed E-state index contributed by atoms with van der Waals surface area (Å²) in [5.41, 5.74) is 0.993. The minimum absolute atomic E-state index is 0.539. The van der Waals surface area contributed by atoms with Crippen molar-refractivity contribution in [2.24, 2.45) is 0 Å². The van der Waals surface area contributed by atoms with Crippen LogP contribution in [-0.2, 0) is 6.54 Å². The number of benzene rings is 1. The Labute approximate surface area is 100 Å². The molecule has 0 unspecified atom stereocenters. The Hall–Kier alpha value is -0.500. The van der Waals surface area contributed by atoms with Crippen LogP contribution in [0.15, 0.2) is 30.4 Å². The summed E-state index contributed by atoms with van der Waals surface area (Å²) in [6.07, 6.45) is 6.60. The lowest BCUT2D eigenvalue weighted by Gasteiger charge is -2.13. The molecule has 1 N–H and O–H groups in total. The van der Waals surface area contributed by atoms with Crippen LogP contribution in [0.2, 0.25) is 10.0 Å². The van der Waals surface area contributed by atoms with Crippen LogP contribution >= 0.6 is 23.2 Å². The Bertz CT molecular complexity index is 346. The largest absolute Gasteiger partial charge is 0.309 e. The van der Waals surface area contributed by atoms with E-state index in [1.807, 2.05) is 18.2 Å². The Morgan fingerprint density at radius 2 is 1.73 bits per heavy atom. The second-order valence-electron chi connectivity index (χ2n) is 3.72. The van der Waals surface area contributed by atoms with Gasteiger partial charge in [-0.25, -0.2) is 0 Å². The van der Waals surface area contributed by atoms with E-state index in [0.29, 0.717) is 6.04 Å². The third-order valence-electron chi connectivity index (χ3n) is 2.64. The smallest absolute Gasteiger partial charge is 0.0465 e. The van der Waals surface area contributed by atoms with Crippen LogP contribution in [0.25, 0.3) is 0 Å². The number of rotatable bonds is 3. The molecular weight excluding hydrogens is 229 g/mol. The Morgan fingerprint density at radius 1 is 1.13 bits per heavy atom. The van der Waals surface area contributed by atoms with Gasteiger partial charge in [0.15, 0.2) is 0 Å². The number of hydrogen-bond acceptors (Lipinski definition) is 1. The van der Waals surface area contributed by atoms with E-state index in [1.54, 1.807) is 0 Å². The SMILES string of the molecule is Clc1cccc(Cl)c1CNC1CC=CC1. The summed E-state index contributed by atoms with van der Waals surface area (Å²) in [7, 11) is 0. The van der Waals surface area contributed by atoms with Gasteiger partial charge < -0.3 is 5.32 Å². The molecule has 1 nitrogen and oxygen atoms in total. The van der Waals surface area contributed by atoms with E-state index in [2.05, 4.69) is 17.5 Å². The maximum Gasteiger partial charge on any atom is 0.0465 e. The summed E-state index contributed by atoms with van der Waals surface area (Å²) in [5.74, 6) is 0. The minimum atomic E-state index is 0.539. The van der Waals surface area contributed by atoms with Crippen LogP contribution in [0.5, 0.6) is 0 Å². The monoisotopic (exact) mass is 241 g/mol. The first-order chi connectivity index (χ1) is 7.27. The zero-order valence-electron chi connectivity index (χ0n) is 8.34. The molecule has 0 saturated carbocycles. The molecule has 0 aromatic heterocycles.